The minimum absolute atomic E-state index is 0.00418. The number of nitrogens with zero attached hydrogens (tertiary/aromatic N) is 3. The summed E-state index contributed by atoms with van der Waals surface area (Å²) in [6, 6.07) is 9.78. The SMILES string of the molecule is O=C(Nc1ccc(C(O)N2CC(c3ncc(-c4cccc5[nH]cnc45)s3)C2)s1)[C@@H]1CCCN1. The lowest BCUT2D eigenvalue weighted by Crippen LogP contribution is -2.46. The standard InChI is InChI=1S/C23H24N6O2S2/c30-21(16-5-2-8-24-16)28-19-7-6-17(32-19)23(31)29-10-13(11-29)22-25-9-18(33-22)14-3-1-4-15-20(14)27-12-26-15/h1,3-4,6-7,9,12-13,16,23-24,31H,2,5,8,10-11H2,(H,26,27)(H,28,30)/t16-,23?/m0/s1. The summed E-state index contributed by atoms with van der Waals surface area (Å²) in [5, 5.41) is 18.9. The van der Waals surface area contributed by atoms with Crippen molar-refractivity contribution in [3.05, 3.63) is 52.7 Å². The van der Waals surface area contributed by atoms with E-state index >= 15 is 0 Å². The Morgan fingerprint density at radius 3 is 2.97 bits per heavy atom. The number of benzene rings is 1. The van der Waals surface area contributed by atoms with Gasteiger partial charge in [0.25, 0.3) is 0 Å². The molecule has 4 N–H and O–H groups in total. The maximum atomic E-state index is 12.3. The van der Waals surface area contributed by atoms with Gasteiger partial charge in [-0.15, -0.1) is 22.7 Å². The number of likely N-dealkylation sites (tertiary alicyclic amines) is 1. The van der Waals surface area contributed by atoms with Crippen LogP contribution in [0.5, 0.6) is 0 Å². The molecule has 2 saturated heterocycles. The summed E-state index contributed by atoms with van der Waals surface area (Å²) >= 11 is 3.13. The predicted octanol–water partition coefficient (Wildman–Crippen LogP) is 3.53. The van der Waals surface area contributed by atoms with Crippen LogP contribution in [-0.4, -0.2) is 56.5 Å². The molecule has 1 amide bonds. The number of H-pyrrole nitrogens is 1. The van der Waals surface area contributed by atoms with E-state index in [4.69, 9.17) is 0 Å². The lowest BCUT2D eigenvalue weighted by atomic mass is 10.0. The highest BCUT2D eigenvalue weighted by atomic mass is 32.1. The second kappa shape index (κ2) is 8.62. The van der Waals surface area contributed by atoms with Crippen molar-refractivity contribution < 1.29 is 9.90 Å². The number of nitrogens with one attached hydrogen (secondary N) is 3. The van der Waals surface area contributed by atoms with Crippen molar-refractivity contribution in [2.75, 3.05) is 25.0 Å². The fourth-order valence-electron chi connectivity index (χ4n) is 4.49. The van der Waals surface area contributed by atoms with Gasteiger partial charge in [0.1, 0.15) is 6.23 Å². The second-order valence-corrected chi connectivity index (χ2v) is 10.7. The molecule has 0 radical (unpaired) electrons. The number of thiazole rings is 1. The van der Waals surface area contributed by atoms with E-state index in [9.17, 15) is 9.90 Å². The Kier molecular flexibility index (Phi) is 5.47. The Morgan fingerprint density at radius 2 is 2.12 bits per heavy atom. The molecule has 4 aromatic rings. The highest BCUT2D eigenvalue weighted by molar-refractivity contribution is 7.16. The van der Waals surface area contributed by atoms with Crippen LogP contribution in [0, 0.1) is 0 Å². The lowest BCUT2D eigenvalue weighted by molar-refractivity contribution is -0.117. The average molecular weight is 481 g/mol. The molecule has 0 spiro atoms. The highest BCUT2D eigenvalue weighted by Gasteiger charge is 2.35. The zero-order valence-corrected chi connectivity index (χ0v) is 19.5. The minimum Gasteiger partial charge on any atom is -0.373 e. The number of carbonyl (C=O) groups is 1. The number of anilines is 1. The van der Waals surface area contributed by atoms with Crippen LogP contribution in [-0.2, 0) is 4.79 Å². The van der Waals surface area contributed by atoms with Crippen LogP contribution in [0.2, 0.25) is 0 Å². The molecule has 2 aliphatic heterocycles. The number of hydrogen-bond acceptors (Lipinski definition) is 8. The Hall–Kier alpha value is -2.63. The number of aliphatic hydroxyl groups is 1. The number of imidazole rings is 1. The molecular weight excluding hydrogens is 456 g/mol. The summed E-state index contributed by atoms with van der Waals surface area (Å²) in [5.74, 6) is 0.314. The zero-order chi connectivity index (χ0) is 22.4. The molecular formula is C23H24N6O2S2. The molecule has 5 heterocycles. The number of thiophene rings is 1. The second-order valence-electron chi connectivity index (χ2n) is 8.53. The number of fused-ring (bicyclic) bond motifs is 1. The largest absolute Gasteiger partial charge is 0.373 e. The smallest absolute Gasteiger partial charge is 0.242 e. The lowest BCUT2D eigenvalue weighted by Gasteiger charge is -2.40. The number of aromatic amines is 1. The van der Waals surface area contributed by atoms with Crippen molar-refractivity contribution >= 4 is 44.6 Å². The molecule has 170 valence electrons. The Labute approximate surface area is 198 Å². The van der Waals surface area contributed by atoms with Crippen molar-refractivity contribution in [2.45, 2.75) is 31.0 Å². The molecule has 2 fully saturated rings. The van der Waals surface area contributed by atoms with Crippen LogP contribution >= 0.6 is 22.7 Å². The van der Waals surface area contributed by atoms with Gasteiger partial charge in [0.05, 0.1) is 43.2 Å². The molecule has 0 bridgehead atoms. The molecule has 1 aromatic carbocycles. The number of para-hydroxylation sites is 1. The van der Waals surface area contributed by atoms with Crippen LogP contribution < -0.4 is 10.6 Å². The van der Waals surface area contributed by atoms with E-state index in [1.807, 2.05) is 35.4 Å². The summed E-state index contributed by atoms with van der Waals surface area (Å²) in [7, 11) is 0. The number of rotatable bonds is 6. The summed E-state index contributed by atoms with van der Waals surface area (Å²) in [5.41, 5.74) is 3.07. The Bertz CT molecular complexity index is 1280. The van der Waals surface area contributed by atoms with E-state index in [1.54, 1.807) is 17.7 Å². The quantitative estimate of drug-likeness (QED) is 0.336. The molecule has 8 nitrogen and oxygen atoms in total. The van der Waals surface area contributed by atoms with E-state index in [2.05, 4.69) is 31.7 Å². The van der Waals surface area contributed by atoms with Gasteiger partial charge in [0, 0.05) is 30.8 Å². The van der Waals surface area contributed by atoms with E-state index in [0.29, 0.717) is 5.92 Å². The third kappa shape index (κ3) is 3.98. The van der Waals surface area contributed by atoms with Crippen LogP contribution in [0.1, 0.15) is 34.9 Å². The van der Waals surface area contributed by atoms with Gasteiger partial charge in [-0.25, -0.2) is 9.97 Å². The molecule has 3 aromatic heterocycles. The monoisotopic (exact) mass is 480 g/mol. The average Bonchev–Trinajstić information content (AvgIpc) is 3.59. The molecule has 2 aliphatic rings. The first-order chi connectivity index (χ1) is 16.2. The van der Waals surface area contributed by atoms with Crippen molar-refractivity contribution in [3.63, 3.8) is 0 Å². The summed E-state index contributed by atoms with van der Waals surface area (Å²) < 4.78 is 0. The molecule has 10 heteroatoms. The third-order valence-electron chi connectivity index (χ3n) is 6.35. The molecule has 0 saturated carbocycles. The molecule has 2 atom stereocenters. The highest BCUT2D eigenvalue weighted by Crippen LogP contribution is 2.40. The first-order valence-electron chi connectivity index (χ1n) is 11.1. The first kappa shape index (κ1) is 20.9. The minimum atomic E-state index is -0.668. The van der Waals surface area contributed by atoms with Crippen LogP contribution in [0.25, 0.3) is 21.5 Å². The van der Waals surface area contributed by atoms with Gasteiger partial charge in [-0.1, -0.05) is 12.1 Å². The van der Waals surface area contributed by atoms with Crippen molar-refractivity contribution in [2.24, 2.45) is 0 Å². The van der Waals surface area contributed by atoms with Gasteiger partial charge in [0.15, 0.2) is 0 Å². The van der Waals surface area contributed by atoms with Gasteiger partial charge in [0.2, 0.25) is 5.91 Å². The predicted molar refractivity (Wildman–Crippen MR) is 130 cm³/mol. The van der Waals surface area contributed by atoms with E-state index in [0.717, 1.165) is 68.8 Å². The van der Waals surface area contributed by atoms with Gasteiger partial charge in [-0.2, -0.15) is 0 Å². The topological polar surface area (TPSA) is 106 Å². The normalized spacial score (nSPS) is 20.2. The summed E-state index contributed by atoms with van der Waals surface area (Å²) in [6.07, 6.45) is 4.88. The summed E-state index contributed by atoms with van der Waals surface area (Å²) in [4.78, 5) is 28.6. The molecule has 6 rings (SSSR count). The first-order valence-corrected chi connectivity index (χ1v) is 12.7. The number of hydrogen-bond donors (Lipinski definition) is 4. The van der Waals surface area contributed by atoms with Crippen molar-refractivity contribution in [3.8, 4) is 10.4 Å². The van der Waals surface area contributed by atoms with Crippen molar-refractivity contribution in [1.82, 2.24) is 25.2 Å². The number of carbonyl (C=O) groups excluding carboxylic acids is 1. The van der Waals surface area contributed by atoms with Gasteiger partial charge in [-0.3, -0.25) is 9.69 Å². The maximum Gasteiger partial charge on any atom is 0.242 e. The van der Waals surface area contributed by atoms with Gasteiger partial charge < -0.3 is 20.7 Å². The fraction of sp³-hybridized carbons (Fsp3) is 0.348. The van der Waals surface area contributed by atoms with Crippen molar-refractivity contribution in [1.29, 1.82) is 0 Å². The number of amides is 1. The fourth-order valence-corrected chi connectivity index (χ4v) is 6.45. The van der Waals surface area contributed by atoms with Crippen LogP contribution in [0.4, 0.5) is 5.00 Å². The molecule has 0 aliphatic carbocycles. The van der Waals surface area contributed by atoms with E-state index < -0.39 is 6.23 Å². The molecule has 1 unspecified atom stereocenters. The number of aliphatic hydroxyl groups excluding tert-OH is 1. The van der Waals surface area contributed by atoms with Crippen LogP contribution in [0.15, 0.2) is 42.9 Å². The van der Waals surface area contributed by atoms with Crippen LogP contribution in [0.3, 0.4) is 0 Å². The zero-order valence-electron chi connectivity index (χ0n) is 17.8. The Morgan fingerprint density at radius 1 is 1.21 bits per heavy atom. The summed E-state index contributed by atoms with van der Waals surface area (Å²) in [6.45, 7) is 2.40. The molecule has 33 heavy (non-hydrogen) atoms. The third-order valence-corrected chi connectivity index (χ3v) is 8.58. The van der Waals surface area contributed by atoms with Gasteiger partial charge in [-0.05, 0) is 37.6 Å². The number of aromatic nitrogens is 3. The van der Waals surface area contributed by atoms with E-state index in [1.165, 1.54) is 11.3 Å². The van der Waals surface area contributed by atoms with Gasteiger partial charge >= 0.3 is 0 Å². The van der Waals surface area contributed by atoms with E-state index in [-0.39, 0.29) is 11.9 Å². The Balaban J connectivity index is 1.08. The maximum absolute atomic E-state index is 12.3.